The van der Waals surface area contributed by atoms with Crippen molar-refractivity contribution in [2.24, 2.45) is 0 Å². The van der Waals surface area contributed by atoms with Crippen LogP contribution in [0.1, 0.15) is 41.6 Å². The smallest absolute Gasteiger partial charge is 0.258 e. The van der Waals surface area contributed by atoms with E-state index < -0.39 is 11.7 Å². The van der Waals surface area contributed by atoms with Gasteiger partial charge in [-0.2, -0.15) is 0 Å². The number of aliphatic hydroxyl groups excluding tert-OH is 1. The van der Waals surface area contributed by atoms with Crippen LogP contribution in [0, 0.1) is 5.82 Å². The summed E-state index contributed by atoms with van der Waals surface area (Å²) in [7, 11) is 1.41. The summed E-state index contributed by atoms with van der Waals surface area (Å²) in [6.07, 6.45) is 3.98. The van der Waals surface area contributed by atoms with E-state index in [1.165, 1.54) is 25.3 Å². The molecule has 1 saturated carbocycles. The summed E-state index contributed by atoms with van der Waals surface area (Å²) >= 11 is 12.3. The van der Waals surface area contributed by atoms with Gasteiger partial charge in [0.25, 0.3) is 5.91 Å². The van der Waals surface area contributed by atoms with Crippen molar-refractivity contribution in [3.8, 4) is 11.5 Å². The Labute approximate surface area is 172 Å². The van der Waals surface area contributed by atoms with Crippen molar-refractivity contribution in [2.75, 3.05) is 12.4 Å². The standard InChI is InChI=1S/C20H20Cl2FNO4/c1-27-17-9-16(23)13(8-18(17)28-12-4-2-3-5-12)20(26)24-19-14(21)6-11(10-25)7-15(19)22/h6-9,12,25H,2-5,10H2,1H3,(H,24,26). The minimum Gasteiger partial charge on any atom is -0.493 e. The van der Waals surface area contributed by atoms with Crippen LogP contribution < -0.4 is 14.8 Å². The molecule has 2 aromatic carbocycles. The Morgan fingerprint density at radius 2 is 1.82 bits per heavy atom. The largest absolute Gasteiger partial charge is 0.493 e. The first-order valence-electron chi connectivity index (χ1n) is 8.87. The number of methoxy groups -OCH3 is 1. The number of aliphatic hydroxyl groups is 1. The molecule has 2 aromatic rings. The van der Waals surface area contributed by atoms with E-state index in [1.54, 1.807) is 0 Å². The van der Waals surface area contributed by atoms with Gasteiger partial charge in [0.15, 0.2) is 11.5 Å². The van der Waals surface area contributed by atoms with Crippen LogP contribution in [-0.4, -0.2) is 24.2 Å². The van der Waals surface area contributed by atoms with Crippen LogP contribution in [0.2, 0.25) is 10.0 Å². The van der Waals surface area contributed by atoms with Gasteiger partial charge >= 0.3 is 0 Å². The van der Waals surface area contributed by atoms with Gasteiger partial charge in [-0.05, 0) is 49.4 Å². The number of amides is 1. The highest BCUT2D eigenvalue weighted by Crippen LogP contribution is 2.36. The second-order valence-corrected chi connectivity index (χ2v) is 7.37. The molecule has 0 unspecified atom stereocenters. The monoisotopic (exact) mass is 427 g/mol. The van der Waals surface area contributed by atoms with Crippen LogP contribution in [0.5, 0.6) is 11.5 Å². The Morgan fingerprint density at radius 1 is 1.18 bits per heavy atom. The third-order valence-electron chi connectivity index (χ3n) is 4.62. The van der Waals surface area contributed by atoms with Gasteiger partial charge in [-0.3, -0.25) is 4.79 Å². The molecule has 0 aromatic heterocycles. The second-order valence-electron chi connectivity index (χ2n) is 6.55. The van der Waals surface area contributed by atoms with E-state index in [1.807, 2.05) is 0 Å². The number of hydrogen-bond acceptors (Lipinski definition) is 4. The van der Waals surface area contributed by atoms with E-state index in [2.05, 4.69) is 5.32 Å². The highest BCUT2D eigenvalue weighted by molar-refractivity contribution is 6.40. The minimum atomic E-state index is -0.757. The van der Waals surface area contributed by atoms with Crippen molar-refractivity contribution in [1.82, 2.24) is 0 Å². The van der Waals surface area contributed by atoms with Crippen molar-refractivity contribution >= 4 is 34.8 Å². The lowest BCUT2D eigenvalue weighted by Gasteiger charge is -2.17. The first-order chi connectivity index (χ1) is 13.4. The number of hydrogen-bond donors (Lipinski definition) is 2. The molecule has 1 aliphatic carbocycles. The van der Waals surface area contributed by atoms with E-state index in [9.17, 15) is 14.3 Å². The van der Waals surface area contributed by atoms with Crippen molar-refractivity contribution < 1.29 is 23.8 Å². The average Bonchev–Trinajstić information content (AvgIpc) is 3.18. The minimum absolute atomic E-state index is 0.0187. The Hall–Kier alpha value is -2.02. The highest BCUT2D eigenvalue weighted by atomic mass is 35.5. The van der Waals surface area contributed by atoms with Crippen LogP contribution in [0.25, 0.3) is 0 Å². The maximum atomic E-state index is 14.5. The molecule has 28 heavy (non-hydrogen) atoms. The van der Waals surface area contributed by atoms with Crippen LogP contribution in [-0.2, 0) is 6.61 Å². The zero-order valence-corrected chi connectivity index (χ0v) is 16.7. The van der Waals surface area contributed by atoms with Crippen LogP contribution in [0.15, 0.2) is 24.3 Å². The van der Waals surface area contributed by atoms with Gasteiger partial charge in [0.1, 0.15) is 5.82 Å². The van der Waals surface area contributed by atoms with Gasteiger partial charge in [0, 0.05) is 6.07 Å². The first-order valence-corrected chi connectivity index (χ1v) is 9.62. The van der Waals surface area contributed by atoms with Crippen molar-refractivity contribution in [1.29, 1.82) is 0 Å². The van der Waals surface area contributed by atoms with Gasteiger partial charge in [-0.1, -0.05) is 23.2 Å². The molecule has 0 heterocycles. The lowest BCUT2D eigenvalue weighted by atomic mass is 10.1. The Morgan fingerprint density at radius 3 is 2.39 bits per heavy atom. The topological polar surface area (TPSA) is 67.8 Å². The van der Waals surface area contributed by atoms with Crippen LogP contribution in [0.4, 0.5) is 10.1 Å². The summed E-state index contributed by atoms with van der Waals surface area (Å²) in [4.78, 5) is 12.7. The molecule has 1 aliphatic rings. The third-order valence-corrected chi connectivity index (χ3v) is 5.21. The van der Waals surface area contributed by atoms with Crippen LogP contribution >= 0.6 is 23.2 Å². The molecule has 3 rings (SSSR count). The lowest BCUT2D eigenvalue weighted by Crippen LogP contribution is -2.17. The molecule has 150 valence electrons. The number of benzene rings is 2. The maximum Gasteiger partial charge on any atom is 0.258 e. The average molecular weight is 428 g/mol. The van der Waals surface area contributed by atoms with E-state index in [-0.39, 0.29) is 39.8 Å². The Kier molecular flexibility index (Phi) is 6.65. The summed E-state index contributed by atoms with van der Waals surface area (Å²) in [6, 6.07) is 5.40. The fraction of sp³-hybridized carbons (Fsp3) is 0.350. The number of ether oxygens (including phenoxy) is 2. The first kappa shape index (κ1) is 20.7. The van der Waals surface area contributed by atoms with Gasteiger partial charge in [0.2, 0.25) is 0 Å². The maximum absolute atomic E-state index is 14.5. The molecule has 0 radical (unpaired) electrons. The van der Waals surface area contributed by atoms with Crippen LogP contribution in [0.3, 0.4) is 0 Å². The highest BCUT2D eigenvalue weighted by Gasteiger charge is 2.23. The normalized spacial score (nSPS) is 14.2. The molecule has 0 aliphatic heterocycles. The summed E-state index contributed by atoms with van der Waals surface area (Å²) < 4.78 is 25.6. The number of nitrogens with one attached hydrogen (secondary N) is 1. The van der Waals surface area contributed by atoms with E-state index >= 15 is 0 Å². The summed E-state index contributed by atoms with van der Waals surface area (Å²) in [5, 5.41) is 12.0. The van der Waals surface area contributed by atoms with Crippen molar-refractivity contribution in [2.45, 2.75) is 38.4 Å². The predicted octanol–water partition coefficient (Wildman–Crippen LogP) is 5.21. The SMILES string of the molecule is COc1cc(F)c(C(=O)Nc2c(Cl)cc(CO)cc2Cl)cc1OC1CCCC1. The quantitative estimate of drug-likeness (QED) is 0.663. The number of carbonyl (C=O) groups is 1. The zero-order chi connectivity index (χ0) is 20.3. The number of anilines is 1. The molecule has 0 saturated heterocycles. The molecule has 0 bridgehead atoms. The molecule has 0 spiro atoms. The lowest BCUT2D eigenvalue weighted by molar-refractivity contribution is 0.102. The van der Waals surface area contributed by atoms with Gasteiger partial charge in [0.05, 0.1) is 41.1 Å². The molecule has 1 fully saturated rings. The van der Waals surface area contributed by atoms with Gasteiger partial charge < -0.3 is 19.9 Å². The fourth-order valence-corrected chi connectivity index (χ4v) is 3.79. The molecule has 1 amide bonds. The summed E-state index contributed by atoms with van der Waals surface area (Å²) in [5.41, 5.74) is 0.419. The Balaban J connectivity index is 1.89. The van der Waals surface area contributed by atoms with Crippen molar-refractivity contribution in [3.63, 3.8) is 0 Å². The predicted molar refractivity (Wildman–Crippen MR) is 106 cm³/mol. The van der Waals surface area contributed by atoms with E-state index in [0.717, 1.165) is 31.7 Å². The number of halogens is 3. The van der Waals surface area contributed by atoms with E-state index in [0.29, 0.717) is 11.3 Å². The third kappa shape index (κ3) is 4.51. The number of carbonyl (C=O) groups excluding carboxylic acids is 1. The zero-order valence-electron chi connectivity index (χ0n) is 15.2. The second kappa shape index (κ2) is 8.99. The van der Waals surface area contributed by atoms with E-state index in [4.69, 9.17) is 32.7 Å². The molecular weight excluding hydrogens is 408 g/mol. The summed E-state index contributed by atoms with van der Waals surface area (Å²) in [5.74, 6) is -0.942. The van der Waals surface area contributed by atoms with Gasteiger partial charge in [-0.15, -0.1) is 0 Å². The number of rotatable bonds is 6. The molecular formula is C20H20Cl2FNO4. The van der Waals surface area contributed by atoms with Gasteiger partial charge in [-0.25, -0.2) is 4.39 Å². The molecule has 8 heteroatoms. The summed E-state index contributed by atoms with van der Waals surface area (Å²) in [6.45, 7) is -0.247. The fourth-order valence-electron chi connectivity index (χ4n) is 3.16. The molecule has 2 N–H and O–H groups in total. The molecule has 0 atom stereocenters. The Bertz CT molecular complexity index is 862. The molecule has 5 nitrogen and oxygen atoms in total. The van der Waals surface area contributed by atoms with Crippen molar-refractivity contribution in [3.05, 3.63) is 51.3 Å².